The Morgan fingerprint density at radius 1 is 0.362 bits per heavy atom. The molecule has 0 aliphatic rings. The minimum atomic E-state index is -1.34. The minimum absolute atomic E-state index is 0.0403. The van der Waals surface area contributed by atoms with Crippen molar-refractivity contribution in [2.75, 3.05) is 0 Å². The van der Waals surface area contributed by atoms with Gasteiger partial charge in [0, 0.05) is 0 Å². The van der Waals surface area contributed by atoms with Crippen LogP contribution < -0.4 is 30.4 Å². The second-order valence-corrected chi connectivity index (χ2v) is 13.3. The Kier molecular flexibility index (Phi) is 13.7. The lowest BCUT2D eigenvalue weighted by Crippen LogP contribution is -2.31. The number of nitrogens with two attached hydrogens (primary N) is 2. The first kappa shape index (κ1) is 40.5. The summed E-state index contributed by atoms with van der Waals surface area (Å²) in [6, 6.07) is 41.6. The maximum absolute atomic E-state index is 13.9. The second-order valence-electron chi connectivity index (χ2n) is 13.3. The molecule has 0 spiro atoms. The van der Waals surface area contributed by atoms with Gasteiger partial charge in [-0.05, 0) is 57.6 Å². The van der Waals surface area contributed by atoms with Crippen molar-refractivity contribution in [2.24, 2.45) is 11.5 Å². The zero-order valence-electron chi connectivity index (χ0n) is 31.3. The molecule has 0 fully saturated rings. The quantitative estimate of drug-likeness (QED) is 0.0806. The molecule has 0 saturated heterocycles. The van der Waals surface area contributed by atoms with E-state index in [-0.39, 0.29) is 59.8 Å². The maximum Gasteiger partial charge on any atom is 0.315 e. The largest absolute Gasteiger partial charge is 0.422 e. The molecule has 0 radical (unpaired) electrons. The molecular weight excluding hydrogens is 737 g/mol. The zero-order chi connectivity index (χ0) is 40.9. The predicted molar refractivity (Wildman–Crippen MR) is 215 cm³/mol. The molecule has 0 heterocycles. The highest BCUT2D eigenvalue weighted by Gasteiger charge is 2.28. The number of hydrogen-bond donors (Lipinski definition) is 2. The second kappa shape index (κ2) is 19.6. The van der Waals surface area contributed by atoms with Gasteiger partial charge in [-0.25, -0.2) is 0 Å². The summed E-state index contributed by atoms with van der Waals surface area (Å²) in [7, 11) is 0. The van der Waals surface area contributed by atoms with Crippen molar-refractivity contribution in [2.45, 2.75) is 37.8 Å². The van der Waals surface area contributed by atoms with Crippen LogP contribution in [-0.2, 0) is 49.7 Å². The van der Waals surface area contributed by atoms with Gasteiger partial charge in [0.15, 0.2) is 28.8 Å². The maximum atomic E-state index is 13.9. The molecule has 6 rings (SSSR count). The lowest BCUT2D eigenvalue weighted by molar-refractivity contribution is -0.136. The van der Waals surface area contributed by atoms with Crippen LogP contribution in [0.25, 0.3) is 0 Å². The van der Waals surface area contributed by atoms with Gasteiger partial charge in [-0.15, -0.1) is 0 Å². The van der Waals surface area contributed by atoms with Crippen LogP contribution in [0, 0.1) is 0 Å². The van der Waals surface area contributed by atoms with Crippen LogP contribution in [0.5, 0.6) is 23.0 Å². The summed E-state index contributed by atoms with van der Waals surface area (Å²) in [5.41, 5.74) is 16.3. The molecule has 6 aromatic carbocycles. The summed E-state index contributed by atoms with van der Waals surface area (Å²) < 4.78 is 22.6. The summed E-state index contributed by atoms with van der Waals surface area (Å²) in [4.78, 5) is 65.9. The molecule has 0 aromatic heterocycles. The molecule has 292 valence electrons. The molecule has 11 heteroatoms. The number of esters is 4. The summed E-state index contributed by atoms with van der Waals surface area (Å²) in [6.07, 6.45) is -0.231. The number of rotatable bonds is 16. The Morgan fingerprint density at radius 2 is 0.621 bits per heavy atom. The van der Waals surface area contributed by atoms with E-state index >= 15 is 0 Å². The van der Waals surface area contributed by atoms with Gasteiger partial charge in [0.05, 0.1) is 37.8 Å². The molecule has 0 aliphatic heterocycles. The van der Waals surface area contributed by atoms with Crippen molar-refractivity contribution in [3.63, 3.8) is 0 Å². The number of ketones is 1. The van der Waals surface area contributed by atoms with Crippen molar-refractivity contribution >= 4 is 29.7 Å². The third kappa shape index (κ3) is 11.4. The highest BCUT2D eigenvalue weighted by molar-refractivity contribution is 5.91. The van der Waals surface area contributed by atoms with Gasteiger partial charge in [0.2, 0.25) is 0 Å². The number of carbonyl (C=O) groups is 5. The Morgan fingerprint density at radius 3 is 0.897 bits per heavy atom. The first-order valence-corrected chi connectivity index (χ1v) is 18.4. The number of Topliss-reactive ketones (excluding diaryl/α,β-unsaturated/α-hetero) is 1. The molecule has 0 saturated carbocycles. The monoisotopic (exact) mass is 776 g/mol. The molecule has 11 nitrogen and oxygen atoms in total. The highest BCUT2D eigenvalue weighted by Crippen LogP contribution is 2.35. The van der Waals surface area contributed by atoms with Crippen LogP contribution >= 0.6 is 0 Å². The van der Waals surface area contributed by atoms with E-state index in [2.05, 4.69) is 0 Å². The predicted octanol–water partition coefficient (Wildman–Crippen LogP) is 6.55. The van der Waals surface area contributed by atoms with Crippen LogP contribution in [0.3, 0.4) is 0 Å². The summed E-state index contributed by atoms with van der Waals surface area (Å²) >= 11 is 0. The van der Waals surface area contributed by atoms with Gasteiger partial charge in [-0.1, -0.05) is 133 Å². The third-order valence-corrected chi connectivity index (χ3v) is 8.93. The van der Waals surface area contributed by atoms with E-state index in [0.29, 0.717) is 11.1 Å². The normalized spacial score (nSPS) is 11.8. The SMILES string of the molecule is NC(C(=O)C(N)c1ccc(OC(=O)Cc2ccccc2)c(OC(=O)Cc2ccccc2)c1)c1ccc(OC(=O)Cc2ccccc2)c(OC(=O)Cc2ccccc2)c1. The molecule has 2 unspecified atom stereocenters. The zero-order valence-corrected chi connectivity index (χ0v) is 31.3. The fraction of sp³-hybridized carbons (Fsp3) is 0.128. The number of ether oxygens (including phenoxy) is 4. The van der Waals surface area contributed by atoms with Crippen molar-refractivity contribution < 1.29 is 42.9 Å². The van der Waals surface area contributed by atoms with Crippen molar-refractivity contribution in [3.8, 4) is 23.0 Å². The van der Waals surface area contributed by atoms with Gasteiger partial charge in [0.1, 0.15) is 0 Å². The Hall–Kier alpha value is -7.21. The van der Waals surface area contributed by atoms with E-state index in [1.165, 1.54) is 36.4 Å². The summed E-state index contributed by atoms with van der Waals surface area (Å²) in [5.74, 6) is -3.46. The molecule has 58 heavy (non-hydrogen) atoms. The van der Waals surface area contributed by atoms with Gasteiger partial charge in [-0.2, -0.15) is 0 Å². The number of carbonyl (C=O) groups excluding carboxylic acids is 5. The minimum Gasteiger partial charge on any atom is -0.422 e. The van der Waals surface area contributed by atoms with E-state index in [0.717, 1.165) is 11.1 Å². The van der Waals surface area contributed by atoms with E-state index in [1.54, 1.807) is 97.1 Å². The van der Waals surface area contributed by atoms with Gasteiger partial charge >= 0.3 is 23.9 Å². The lowest BCUT2D eigenvalue weighted by Gasteiger charge is -2.20. The molecule has 4 N–H and O–H groups in total. The molecule has 2 atom stereocenters. The lowest BCUT2D eigenvalue weighted by atomic mass is 9.94. The van der Waals surface area contributed by atoms with Gasteiger partial charge < -0.3 is 30.4 Å². The average molecular weight is 777 g/mol. The van der Waals surface area contributed by atoms with Crippen molar-refractivity contribution in [1.82, 2.24) is 0 Å². The molecular formula is C47H40N2O9. The van der Waals surface area contributed by atoms with E-state index in [9.17, 15) is 24.0 Å². The number of hydrogen-bond acceptors (Lipinski definition) is 11. The first-order chi connectivity index (χ1) is 28.1. The van der Waals surface area contributed by atoms with Crippen LogP contribution in [0.15, 0.2) is 158 Å². The van der Waals surface area contributed by atoms with Crippen LogP contribution in [0.1, 0.15) is 45.5 Å². The molecule has 6 aromatic rings. The van der Waals surface area contributed by atoms with E-state index < -0.39 is 41.7 Å². The summed E-state index contributed by atoms with van der Waals surface area (Å²) in [5, 5.41) is 0. The fourth-order valence-corrected chi connectivity index (χ4v) is 5.97. The van der Waals surface area contributed by atoms with Crippen LogP contribution in [-0.4, -0.2) is 29.7 Å². The van der Waals surface area contributed by atoms with Crippen LogP contribution in [0.4, 0.5) is 0 Å². The standard InChI is InChI=1S/C47H40N2O9/c48-45(35-21-23-37(55-41(50)25-31-13-5-1-6-14-31)39(29-35)57-43(52)27-33-17-9-3-10-18-33)47(54)46(49)36-22-24-38(56-42(51)26-32-15-7-2-8-16-32)40(30-36)58-44(53)28-34-19-11-4-12-20-34/h1-24,29-30,45-46H,25-28,48-49H2. The highest BCUT2D eigenvalue weighted by atomic mass is 16.6. The molecule has 0 amide bonds. The van der Waals surface area contributed by atoms with Gasteiger partial charge in [0.25, 0.3) is 0 Å². The third-order valence-electron chi connectivity index (χ3n) is 8.93. The number of benzene rings is 6. The molecule has 0 aliphatic carbocycles. The first-order valence-electron chi connectivity index (χ1n) is 18.4. The van der Waals surface area contributed by atoms with E-state index in [4.69, 9.17) is 30.4 Å². The Bertz CT molecular complexity index is 2200. The van der Waals surface area contributed by atoms with Crippen molar-refractivity contribution in [1.29, 1.82) is 0 Å². The Labute approximate surface area is 335 Å². The summed E-state index contributed by atoms with van der Waals surface area (Å²) in [6.45, 7) is 0. The Balaban J connectivity index is 1.23. The molecule has 0 bridgehead atoms. The van der Waals surface area contributed by atoms with E-state index in [1.807, 2.05) is 24.3 Å². The van der Waals surface area contributed by atoms with Crippen LogP contribution in [0.2, 0.25) is 0 Å². The topological polar surface area (TPSA) is 174 Å². The van der Waals surface area contributed by atoms with Crippen molar-refractivity contribution in [3.05, 3.63) is 191 Å². The van der Waals surface area contributed by atoms with Gasteiger partial charge in [-0.3, -0.25) is 24.0 Å². The smallest absolute Gasteiger partial charge is 0.315 e. The average Bonchev–Trinajstić information content (AvgIpc) is 3.22. The fourth-order valence-electron chi connectivity index (χ4n) is 5.97.